The molecule has 8 heteroatoms. The van der Waals surface area contributed by atoms with Gasteiger partial charge in [0.15, 0.2) is 0 Å². The molecule has 26 heavy (non-hydrogen) atoms. The summed E-state index contributed by atoms with van der Waals surface area (Å²) in [5.74, 6) is 0. The van der Waals surface area contributed by atoms with Crippen molar-refractivity contribution in [2.24, 2.45) is 0 Å². The van der Waals surface area contributed by atoms with Crippen molar-refractivity contribution in [2.75, 3.05) is 6.54 Å². The molecule has 0 bridgehead atoms. The van der Waals surface area contributed by atoms with Crippen LogP contribution in [0.5, 0.6) is 0 Å². The lowest BCUT2D eigenvalue weighted by Gasteiger charge is -2.11. The molecule has 0 fully saturated rings. The Kier molecular flexibility index (Phi) is 5.03. The van der Waals surface area contributed by atoms with Crippen LogP contribution in [0.3, 0.4) is 0 Å². The summed E-state index contributed by atoms with van der Waals surface area (Å²) in [5.41, 5.74) is 0.830. The second-order valence-electron chi connectivity index (χ2n) is 5.93. The van der Waals surface area contributed by atoms with E-state index in [1.54, 1.807) is 25.1 Å². The van der Waals surface area contributed by atoms with E-state index in [4.69, 9.17) is 0 Å². The van der Waals surface area contributed by atoms with Gasteiger partial charge in [0.05, 0.1) is 17.2 Å². The molecular formula is C18H17F3N4O. The summed E-state index contributed by atoms with van der Waals surface area (Å²) in [4.78, 5) is 20.1. The molecule has 0 amide bonds. The molecule has 0 aliphatic rings. The maximum Gasteiger partial charge on any atom is 0.433 e. The smallest absolute Gasteiger partial charge is 0.311 e. The molecule has 1 N–H and O–H groups in total. The SMILES string of the molecule is Cc1cc(C(F)(F)F)ncc1CNCCn1cnc2ccccc2c1=O. The van der Waals surface area contributed by atoms with Gasteiger partial charge in [0.25, 0.3) is 5.56 Å². The first-order chi connectivity index (χ1) is 12.4. The summed E-state index contributed by atoms with van der Waals surface area (Å²) in [6, 6.07) is 8.15. The third-order valence-electron chi connectivity index (χ3n) is 4.09. The van der Waals surface area contributed by atoms with Crippen LogP contribution in [0.2, 0.25) is 0 Å². The lowest BCUT2D eigenvalue weighted by molar-refractivity contribution is -0.141. The summed E-state index contributed by atoms with van der Waals surface area (Å²) in [6.07, 6.45) is -1.72. The lowest BCUT2D eigenvalue weighted by Crippen LogP contribution is -2.27. The number of fused-ring (bicyclic) bond motifs is 1. The Morgan fingerprint density at radius 2 is 1.96 bits per heavy atom. The van der Waals surface area contributed by atoms with Gasteiger partial charge in [0.2, 0.25) is 0 Å². The summed E-state index contributed by atoms with van der Waals surface area (Å²) in [6.45, 7) is 2.86. The first kappa shape index (κ1) is 18.1. The van der Waals surface area contributed by atoms with E-state index in [-0.39, 0.29) is 5.56 Å². The van der Waals surface area contributed by atoms with Gasteiger partial charge < -0.3 is 5.32 Å². The number of benzene rings is 1. The Morgan fingerprint density at radius 1 is 1.19 bits per heavy atom. The molecule has 2 heterocycles. The second kappa shape index (κ2) is 7.25. The van der Waals surface area contributed by atoms with E-state index in [1.807, 2.05) is 6.07 Å². The number of halogens is 3. The standard InChI is InChI=1S/C18H17F3N4O/c1-12-8-16(18(19,20)21)23-10-13(12)9-22-6-7-25-11-24-15-5-3-2-4-14(15)17(25)26/h2-5,8,10-11,22H,6-7,9H2,1H3. The number of nitrogens with zero attached hydrogens (tertiary/aromatic N) is 3. The van der Waals surface area contributed by atoms with E-state index >= 15 is 0 Å². The maximum atomic E-state index is 12.6. The Balaban J connectivity index is 1.61. The summed E-state index contributed by atoms with van der Waals surface area (Å²) < 4.78 is 39.4. The van der Waals surface area contributed by atoms with Crippen LogP contribution in [0.15, 0.2) is 47.7 Å². The number of alkyl halides is 3. The number of aromatic nitrogens is 3. The van der Waals surface area contributed by atoms with Crippen LogP contribution in [0.1, 0.15) is 16.8 Å². The van der Waals surface area contributed by atoms with Gasteiger partial charge in [0.1, 0.15) is 5.69 Å². The van der Waals surface area contributed by atoms with E-state index in [1.165, 1.54) is 17.1 Å². The van der Waals surface area contributed by atoms with E-state index in [9.17, 15) is 18.0 Å². The molecule has 3 aromatic rings. The van der Waals surface area contributed by atoms with Gasteiger partial charge in [-0.1, -0.05) is 12.1 Å². The predicted octanol–water partition coefficient (Wildman–Crippen LogP) is 2.91. The number of pyridine rings is 1. The van der Waals surface area contributed by atoms with Gasteiger partial charge in [-0.3, -0.25) is 14.3 Å². The zero-order chi connectivity index (χ0) is 18.7. The highest BCUT2D eigenvalue weighted by atomic mass is 19.4. The molecule has 0 aliphatic heterocycles. The Morgan fingerprint density at radius 3 is 2.69 bits per heavy atom. The molecule has 0 saturated carbocycles. The van der Waals surface area contributed by atoms with Crippen LogP contribution in [0.25, 0.3) is 10.9 Å². The van der Waals surface area contributed by atoms with Crippen molar-refractivity contribution in [2.45, 2.75) is 26.2 Å². The molecule has 0 aliphatic carbocycles. The Hall–Kier alpha value is -2.74. The van der Waals surface area contributed by atoms with Crippen molar-refractivity contribution in [1.82, 2.24) is 19.9 Å². The highest BCUT2D eigenvalue weighted by Gasteiger charge is 2.32. The fourth-order valence-corrected chi connectivity index (χ4v) is 2.61. The molecule has 2 aromatic heterocycles. The summed E-state index contributed by atoms with van der Waals surface area (Å²) >= 11 is 0. The number of rotatable bonds is 5. The molecule has 1 aromatic carbocycles. The Labute approximate surface area is 147 Å². The van der Waals surface area contributed by atoms with Gasteiger partial charge in [0, 0.05) is 25.8 Å². The molecule has 136 valence electrons. The quantitative estimate of drug-likeness (QED) is 0.709. The first-order valence-electron chi connectivity index (χ1n) is 8.04. The van der Waals surface area contributed by atoms with Crippen molar-refractivity contribution < 1.29 is 13.2 Å². The third-order valence-corrected chi connectivity index (χ3v) is 4.09. The van der Waals surface area contributed by atoms with Crippen LogP contribution < -0.4 is 10.9 Å². The van der Waals surface area contributed by atoms with Gasteiger partial charge in [-0.15, -0.1) is 0 Å². The zero-order valence-corrected chi connectivity index (χ0v) is 14.0. The van der Waals surface area contributed by atoms with Gasteiger partial charge >= 0.3 is 6.18 Å². The van der Waals surface area contributed by atoms with Crippen molar-refractivity contribution in [1.29, 1.82) is 0 Å². The minimum atomic E-state index is -4.44. The van der Waals surface area contributed by atoms with Crippen LogP contribution in [-0.2, 0) is 19.3 Å². The monoisotopic (exact) mass is 362 g/mol. The highest BCUT2D eigenvalue weighted by molar-refractivity contribution is 5.76. The second-order valence-corrected chi connectivity index (χ2v) is 5.93. The fraction of sp³-hybridized carbons (Fsp3) is 0.278. The number of hydrogen-bond donors (Lipinski definition) is 1. The predicted molar refractivity (Wildman–Crippen MR) is 91.7 cm³/mol. The van der Waals surface area contributed by atoms with Crippen molar-refractivity contribution >= 4 is 10.9 Å². The summed E-state index contributed by atoms with van der Waals surface area (Å²) in [5, 5.41) is 3.67. The average Bonchev–Trinajstić information content (AvgIpc) is 2.61. The molecular weight excluding hydrogens is 345 g/mol. The number of hydrogen-bond acceptors (Lipinski definition) is 4. The van der Waals surface area contributed by atoms with Gasteiger partial charge in [-0.05, 0) is 36.2 Å². The van der Waals surface area contributed by atoms with E-state index in [0.29, 0.717) is 41.7 Å². The fourth-order valence-electron chi connectivity index (χ4n) is 2.61. The molecule has 5 nitrogen and oxygen atoms in total. The van der Waals surface area contributed by atoms with Crippen LogP contribution >= 0.6 is 0 Å². The normalized spacial score (nSPS) is 11.8. The minimum absolute atomic E-state index is 0.121. The molecule has 0 radical (unpaired) electrons. The third kappa shape index (κ3) is 3.91. The zero-order valence-electron chi connectivity index (χ0n) is 14.0. The molecule has 0 atom stereocenters. The average molecular weight is 362 g/mol. The first-order valence-corrected chi connectivity index (χ1v) is 8.04. The summed E-state index contributed by atoms with van der Waals surface area (Å²) in [7, 11) is 0. The number of nitrogens with one attached hydrogen (secondary N) is 1. The molecule has 0 unspecified atom stereocenters. The lowest BCUT2D eigenvalue weighted by atomic mass is 10.1. The maximum absolute atomic E-state index is 12.6. The number of para-hydroxylation sites is 1. The van der Waals surface area contributed by atoms with Crippen molar-refractivity contribution in [3.63, 3.8) is 0 Å². The molecule has 0 saturated heterocycles. The highest BCUT2D eigenvalue weighted by Crippen LogP contribution is 2.28. The van der Waals surface area contributed by atoms with Crippen molar-refractivity contribution in [3.05, 3.63) is 70.0 Å². The number of aryl methyl sites for hydroxylation is 1. The van der Waals surface area contributed by atoms with Gasteiger partial charge in [-0.2, -0.15) is 13.2 Å². The topological polar surface area (TPSA) is 59.8 Å². The minimum Gasteiger partial charge on any atom is -0.311 e. The van der Waals surface area contributed by atoms with Crippen LogP contribution in [0, 0.1) is 6.92 Å². The van der Waals surface area contributed by atoms with E-state index in [2.05, 4.69) is 15.3 Å². The Bertz CT molecular complexity index is 982. The van der Waals surface area contributed by atoms with Crippen LogP contribution in [0.4, 0.5) is 13.2 Å². The molecule has 0 spiro atoms. The molecule has 3 rings (SSSR count). The van der Waals surface area contributed by atoms with E-state index in [0.717, 1.165) is 6.07 Å². The van der Waals surface area contributed by atoms with Gasteiger partial charge in [-0.25, -0.2) is 4.98 Å². The largest absolute Gasteiger partial charge is 0.433 e. The van der Waals surface area contributed by atoms with Crippen LogP contribution in [-0.4, -0.2) is 21.1 Å². The van der Waals surface area contributed by atoms with Crippen molar-refractivity contribution in [3.8, 4) is 0 Å². The van der Waals surface area contributed by atoms with E-state index < -0.39 is 11.9 Å².